The average molecular weight is 429 g/mol. The Hall–Kier alpha value is -1.71. The van der Waals surface area contributed by atoms with E-state index in [9.17, 15) is 30.3 Å². The van der Waals surface area contributed by atoms with Gasteiger partial charge in [-0.15, -0.1) is 0 Å². The Morgan fingerprint density at radius 2 is 1.43 bits per heavy atom. The van der Waals surface area contributed by atoms with E-state index < -0.39 is 22.7 Å². The van der Waals surface area contributed by atoms with Gasteiger partial charge in [-0.2, -0.15) is 0 Å². The van der Waals surface area contributed by atoms with Crippen molar-refractivity contribution < 1.29 is 39.8 Å². The minimum Gasteiger partial charge on any atom is -0.493 e. The monoisotopic (exact) mass is 428 g/mol. The molecular weight excluding hydrogens is 392 g/mol. The summed E-state index contributed by atoms with van der Waals surface area (Å²) in [7, 11) is 2.69. The van der Waals surface area contributed by atoms with Crippen molar-refractivity contribution in [3.05, 3.63) is 23.3 Å². The van der Waals surface area contributed by atoms with E-state index in [1.165, 1.54) is 27.2 Å². The van der Waals surface area contributed by atoms with E-state index in [-0.39, 0.29) is 35.2 Å². The van der Waals surface area contributed by atoms with Gasteiger partial charge >= 0.3 is 0 Å². The van der Waals surface area contributed by atoms with Gasteiger partial charge in [0.05, 0.1) is 19.8 Å². The van der Waals surface area contributed by atoms with Crippen LogP contribution in [0.4, 0.5) is 0 Å². The minimum absolute atomic E-state index is 0.0846. The summed E-state index contributed by atoms with van der Waals surface area (Å²) < 4.78 is 10.4. The third-order valence-electron chi connectivity index (χ3n) is 5.36. The lowest BCUT2D eigenvalue weighted by Crippen LogP contribution is -2.51. The molecule has 0 heterocycles. The van der Waals surface area contributed by atoms with Gasteiger partial charge in [-0.1, -0.05) is 20.8 Å². The summed E-state index contributed by atoms with van der Waals surface area (Å²) in [5.41, 5.74) is -2.35. The highest BCUT2D eigenvalue weighted by Crippen LogP contribution is 2.43. The van der Waals surface area contributed by atoms with Crippen molar-refractivity contribution >= 4 is 5.78 Å². The third kappa shape index (κ3) is 5.70. The maximum atomic E-state index is 12.9. The summed E-state index contributed by atoms with van der Waals surface area (Å²) in [5.74, 6) is -6.01. The van der Waals surface area contributed by atoms with Crippen LogP contribution in [0.5, 0.6) is 11.5 Å². The number of ether oxygens (including phenoxy) is 2. The van der Waals surface area contributed by atoms with Gasteiger partial charge in [0.25, 0.3) is 0 Å². The zero-order valence-electron chi connectivity index (χ0n) is 18.9. The lowest BCUT2D eigenvalue weighted by Gasteiger charge is -2.37. The van der Waals surface area contributed by atoms with Crippen molar-refractivity contribution in [1.82, 2.24) is 0 Å². The zero-order valence-corrected chi connectivity index (χ0v) is 18.9. The van der Waals surface area contributed by atoms with Crippen molar-refractivity contribution in [2.45, 2.75) is 71.1 Å². The highest BCUT2D eigenvalue weighted by atomic mass is 16.6. The predicted octanol–water partition coefficient (Wildman–Crippen LogP) is 1.78. The molecule has 30 heavy (non-hydrogen) atoms. The summed E-state index contributed by atoms with van der Waals surface area (Å²) in [6.45, 7) is 8.07. The van der Waals surface area contributed by atoms with Gasteiger partial charge in [-0.3, -0.25) is 4.79 Å². The Kier molecular flexibility index (Phi) is 8.44. The van der Waals surface area contributed by atoms with E-state index in [4.69, 9.17) is 9.47 Å². The molecular formula is C22H36O8. The fraction of sp³-hybridized carbons (Fsp3) is 0.682. The Labute approximate surface area is 178 Å². The van der Waals surface area contributed by atoms with Crippen LogP contribution in [0.25, 0.3) is 0 Å². The second kappa shape index (κ2) is 9.62. The lowest BCUT2D eigenvalue weighted by atomic mass is 9.79. The van der Waals surface area contributed by atoms with Crippen LogP contribution in [0.3, 0.4) is 0 Å². The summed E-state index contributed by atoms with van der Waals surface area (Å²) in [4.78, 5) is 12.9. The maximum Gasteiger partial charge on any atom is 0.246 e. The molecule has 1 aromatic carbocycles. The molecule has 0 bridgehead atoms. The number of Topliss-reactive ketones (excluding diaryl/α,β-unsaturated/α-hetero) is 1. The van der Waals surface area contributed by atoms with E-state index >= 15 is 0 Å². The Bertz CT molecular complexity index is 731. The molecule has 0 aliphatic carbocycles. The van der Waals surface area contributed by atoms with Crippen LogP contribution in [0.2, 0.25) is 0 Å². The first-order valence-electron chi connectivity index (χ1n) is 10.0. The highest BCUT2D eigenvalue weighted by molar-refractivity contribution is 5.82. The summed E-state index contributed by atoms with van der Waals surface area (Å²) in [6, 6.07) is 2.45. The summed E-state index contributed by atoms with van der Waals surface area (Å²) in [6.07, 6.45) is 0.977. The topological polar surface area (TPSA) is 137 Å². The molecule has 172 valence electrons. The SMILES string of the molecule is CCC(CC(C)C)C(=O)CC(C)(O)c1cc(OC)c(OC)cc1C(O)(O)C(C)(O)O. The second-order valence-corrected chi connectivity index (χ2v) is 8.60. The molecule has 8 heteroatoms. The van der Waals surface area contributed by atoms with Gasteiger partial charge in [0, 0.05) is 17.9 Å². The van der Waals surface area contributed by atoms with Gasteiger partial charge in [-0.25, -0.2) is 0 Å². The van der Waals surface area contributed by atoms with Gasteiger partial charge in [0.15, 0.2) is 11.5 Å². The van der Waals surface area contributed by atoms with E-state index in [1.54, 1.807) is 0 Å². The first-order chi connectivity index (χ1) is 13.6. The largest absolute Gasteiger partial charge is 0.493 e. The Balaban J connectivity index is 3.58. The van der Waals surface area contributed by atoms with Crippen LogP contribution in [0.1, 0.15) is 65.0 Å². The number of hydrogen-bond donors (Lipinski definition) is 5. The van der Waals surface area contributed by atoms with E-state index in [0.717, 1.165) is 13.0 Å². The van der Waals surface area contributed by atoms with Crippen molar-refractivity contribution in [2.24, 2.45) is 11.8 Å². The first kappa shape index (κ1) is 26.3. The molecule has 0 amide bonds. The van der Waals surface area contributed by atoms with Crippen LogP contribution in [0.15, 0.2) is 12.1 Å². The molecule has 1 aromatic rings. The van der Waals surface area contributed by atoms with E-state index in [0.29, 0.717) is 18.8 Å². The van der Waals surface area contributed by atoms with Crippen molar-refractivity contribution in [2.75, 3.05) is 14.2 Å². The van der Waals surface area contributed by atoms with Crippen LogP contribution in [0, 0.1) is 11.8 Å². The third-order valence-corrected chi connectivity index (χ3v) is 5.36. The second-order valence-electron chi connectivity index (χ2n) is 8.60. The highest BCUT2D eigenvalue weighted by Gasteiger charge is 2.49. The molecule has 0 aliphatic heterocycles. The number of benzene rings is 1. The molecule has 0 saturated heterocycles. The van der Waals surface area contributed by atoms with Gasteiger partial charge in [0.1, 0.15) is 5.78 Å². The van der Waals surface area contributed by atoms with Crippen LogP contribution in [-0.4, -0.2) is 51.3 Å². The fourth-order valence-electron chi connectivity index (χ4n) is 3.54. The summed E-state index contributed by atoms with van der Waals surface area (Å²) >= 11 is 0. The fourth-order valence-corrected chi connectivity index (χ4v) is 3.54. The van der Waals surface area contributed by atoms with Gasteiger partial charge < -0.3 is 35.0 Å². The van der Waals surface area contributed by atoms with Gasteiger partial charge in [-0.05, 0) is 50.3 Å². The molecule has 2 atom stereocenters. The number of aliphatic hydroxyl groups is 5. The maximum absolute atomic E-state index is 12.9. The Morgan fingerprint density at radius 1 is 0.967 bits per heavy atom. The van der Waals surface area contributed by atoms with Crippen LogP contribution in [-0.2, 0) is 16.2 Å². The molecule has 0 radical (unpaired) electrons. The summed E-state index contributed by atoms with van der Waals surface area (Å²) in [5, 5.41) is 52.1. The minimum atomic E-state index is -3.17. The standard InChI is InChI=1S/C22H36O8/c1-8-14(9-13(2)3)17(23)12-20(4,24)15-10-18(29-6)19(30-7)11-16(15)22(27,28)21(5,25)26/h10-11,13-14,24-28H,8-9,12H2,1-7H3. The number of carbonyl (C=O) groups is 1. The van der Waals surface area contributed by atoms with Crippen molar-refractivity contribution in [3.63, 3.8) is 0 Å². The van der Waals surface area contributed by atoms with Gasteiger partial charge in [0.2, 0.25) is 11.6 Å². The van der Waals surface area contributed by atoms with Crippen LogP contribution >= 0.6 is 0 Å². The lowest BCUT2D eigenvalue weighted by molar-refractivity contribution is -0.358. The van der Waals surface area contributed by atoms with Crippen LogP contribution < -0.4 is 9.47 Å². The normalized spacial score (nSPS) is 15.6. The first-order valence-corrected chi connectivity index (χ1v) is 10.0. The predicted molar refractivity (Wildman–Crippen MR) is 111 cm³/mol. The average Bonchev–Trinajstić information content (AvgIpc) is 2.63. The number of methoxy groups -OCH3 is 2. The quantitative estimate of drug-likeness (QED) is 0.337. The molecule has 0 aliphatic rings. The Morgan fingerprint density at radius 3 is 1.80 bits per heavy atom. The van der Waals surface area contributed by atoms with Crippen molar-refractivity contribution in [1.29, 1.82) is 0 Å². The molecule has 2 unspecified atom stereocenters. The number of carbonyl (C=O) groups excluding carboxylic acids is 1. The molecule has 8 nitrogen and oxygen atoms in total. The van der Waals surface area contributed by atoms with Crippen molar-refractivity contribution in [3.8, 4) is 11.5 Å². The molecule has 5 N–H and O–H groups in total. The molecule has 0 aromatic heterocycles. The zero-order chi connectivity index (χ0) is 23.5. The van der Waals surface area contributed by atoms with E-state index in [1.807, 2.05) is 20.8 Å². The molecule has 0 spiro atoms. The number of ketones is 1. The van der Waals surface area contributed by atoms with E-state index in [2.05, 4.69) is 0 Å². The molecule has 1 rings (SSSR count). The molecule has 0 saturated carbocycles. The molecule has 0 fully saturated rings. The number of hydrogen-bond acceptors (Lipinski definition) is 8. The number of rotatable bonds is 11. The smallest absolute Gasteiger partial charge is 0.246 e.